The van der Waals surface area contributed by atoms with Gasteiger partial charge in [-0.05, 0) is 84.5 Å². The van der Waals surface area contributed by atoms with Crippen LogP contribution in [0, 0.1) is 5.92 Å². The Morgan fingerprint density at radius 1 is 0.717 bits per heavy atom. The average Bonchev–Trinajstić information content (AvgIpc) is 3.10. The van der Waals surface area contributed by atoms with Crippen molar-refractivity contribution >= 4 is 39.3 Å². The van der Waals surface area contributed by atoms with Gasteiger partial charge in [-0.15, -0.1) is 0 Å². The number of rotatable bonds is 10. The number of likely N-dealkylation sites (N-methyl/N-ethyl adjacent to an activating group) is 1. The number of fused-ring (bicyclic) bond motifs is 2. The molecule has 2 heterocycles. The first-order chi connectivity index (χ1) is 22.4. The minimum atomic E-state index is -0.806. The van der Waals surface area contributed by atoms with Crippen molar-refractivity contribution in [1.29, 1.82) is 0 Å². The Morgan fingerprint density at radius 2 is 1.24 bits per heavy atom. The van der Waals surface area contributed by atoms with Gasteiger partial charge in [0, 0.05) is 31.8 Å². The maximum Gasteiger partial charge on any atom is 0.245 e. The molecular formula is C38H45N5O3. The zero-order valence-electron chi connectivity index (χ0n) is 26.6. The van der Waals surface area contributed by atoms with E-state index in [2.05, 4.69) is 69.8 Å². The number of benzene rings is 4. The van der Waals surface area contributed by atoms with Crippen LogP contribution in [0.3, 0.4) is 0 Å². The molecule has 3 amide bonds. The summed E-state index contributed by atoms with van der Waals surface area (Å²) in [4.78, 5) is 43.6. The summed E-state index contributed by atoms with van der Waals surface area (Å²) in [5.74, 6) is -0.666. The number of nitrogens with one attached hydrogen (secondary N) is 4. The third-order valence-corrected chi connectivity index (χ3v) is 9.62. The monoisotopic (exact) mass is 619 g/mol. The number of carbonyl (C=O) groups excluding carboxylic acids is 3. The minimum absolute atomic E-state index is 0.0596. The molecule has 0 spiro atoms. The SMILES string of the molecule is CN(C(=O)C(Cc1ccc2ccccc2c1)NC(=O)C1CCNCC1)C(Cc1ccc2ccccc2c1)C(=O)NC1CCNCC1. The highest BCUT2D eigenvalue weighted by Gasteiger charge is 2.35. The number of hydrogen-bond acceptors (Lipinski definition) is 5. The Morgan fingerprint density at radius 3 is 1.83 bits per heavy atom. The zero-order chi connectivity index (χ0) is 31.9. The lowest BCUT2D eigenvalue weighted by Crippen LogP contribution is -2.57. The van der Waals surface area contributed by atoms with Gasteiger partial charge in [0.2, 0.25) is 17.7 Å². The van der Waals surface area contributed by atoms with Crippen LogP contribution < -0.4 is 21.3 Å². The second-order valence-corrected chi connectivity index (χ2v) is 12.9. The molecule has 0 bridgehead atoms. The highest BCUT2D eigenvalue weighted by Crippen LogP contribution is 2.21. The van der Waals surface area contributed by atoms with E-state index < -0.39 is 12.1 Å². The van der Waals surface area contributed by atoms with Crippen LogP contribution >= 0.6 is 0 Å². The predicted molar refractivity (Wildman–Crippen MR) is 183 cm³/mol. The fraction of sp³-hybridized carbons (Fsp3) is 0.395. The van der Waals surface area contributed by atoms with Gasteiger partial charge in [-0.3, -0.25) is 14.4 Å². The van der Waals surface area contributed by atoms with Crippen LogP contribution in [-0.2, 0) is 27.2 Å². The molecule has 8 heteroatoms. The summed E-state index contributed by atoms with van der Waals surface area (Å²) in [5, 5.41) is 17.5. The first-order valence-corrected chi connectivity index (χ1v) is 16.7. The summed E-state index contributed by atoms with van der Waals surface area (Å²) in [6.07, 6.45) is 3.88. The minimum Gasteiger partial charge on any atom is -0.351 e. The molecule has 46 heavy (non-hydrogen) atoms. The fourth-order valence-electron chi connectivity index (χ4n) is 6.83. The van der Waals surface area contributed by atoms with Crippen LogP contribution in [0.2, 0.25) is 0 Å². The molecule has 240 valence electrons. The average molecular weight is 620 g/mol. The maximum atomic E-state index is 14.5. The Kier molecular flexibility index (Phi) is 10.3. The summed E-state index contributed by atoms with van der Waals surface area (Å²) < 4.78 is 0. The number of amides is 3. The lowest BCUT2D eigenvalue weighted by atomic mass is 9.95. The van der Waals surface area contributed by atoms with Crippen molar-refractivity contribution in [2.75, 3.05) is 33.2 Å². The van der Waals surface area contributed by atoms with Gasteiger partial charge in [0.05, 0.1) is 0 Å². The highest BCUT2D eigenvalue weighted by atomic mass is 16.2. The van der Waals surface area contributed by atoms with Crippen molar-refractivity contribution in [3.63, 3.8) is 0 Å². The molecule has 2 aliphatic heterocycles. The number of nitrogens with zero attached hydrogens (tertiary/aromatic N) is 1. The second kappa shape index (κ2) is 14.9. The van der Waals surface area contributed by atoms with Crippen LogP contribution in [0.1, 0.15) is 36.8 Å². The number of piperidine rings is 2. The molecule has 2 fully saturated rings. The van der Waals surface area contributed by atoms with Crippen LogP contribution in [0.4, 0.5) is 0 Å². The molecule has 2 saturated heterocycles. The molecule has 4 N–H and O–H groups in total. The molecule has 0 radical (unpaired) electrons. The summed E-state index contributed by atoms with van der Waals surface area (Å²) >= 11 is 0. The Bertz CT molecular complexity index is 1680. The van der Waals surface area contributed by atoms with Gasteiger partial charge in [-0.25, -0.2) is 0 Å². The van der Waals surface area contributed by atoms with Crippen molar-refractivity contribution in [2.24, 2.45) is 5.92 Å². The van der Waals surface area contributed by atoms with Crippen molar-refractivity contribution in [2.45, 2.75) is 56.7 Å². The first-order valence-electron chi connectivity index (χ1n) is 16.7. The van der Waals surface area contributed by atoms with E-state index >= 15 is 0 Å². The Balaban J connectivity index is 1.28. The van der Waals surface area contributed by atoms with E-state index in [0.717, 1.165) is 84.5 Å². The molecule has 0 aliphatic carbocycles. The fourth-order valence-corrected chi connectivity index (χ4v) is 6.83. The molecule has 0 saturated carbocycles. The third-order valence-electron chi connectivity index (χ3n) is 9.62. The lowest BCUT2D eigenvalue weighted by Gasteiger charge is -2.34. The summed E-state index contributed by atoms with van der Waals surface area (Å²) in [7, 11) is 1.71. The molecule has 4 aromatic rings. The van der Waals surface area contributed by atoms with Gasteiger partial charge in [0.15, 0.2) is 0 Å². The second-order valence-electron chi connectivity index (χ2n) is 12.9. The highest BCUT2D eigenvalue weighted by molar-refractivity contribution is 5.93. The van der Waals surface area contributed by atoms with E-state index in [1.165, 1.54) is 0 Å². The molecule has 0 aromatic heterocycles. The quantitative estimate of drug-likeness (QED) is 0.215. The third kappa shape index (κ3) is 7.74. The van der Waals surface area contributed by atoms with E-state index in [1.807, 2.05) is 36.4 Å². The molecule has 8 nitrogen and oxygen atoms in total. The summed E-state index contributed by atoms with van der Waals surface area (Å²) in [6.45, 7) is 3.27. The molecule has 2 atom stereocenters. The van der Waals surface area contributed by atoms with E-state index in [1.54, 1.807) is 11.9 Å². The van der Waals surface area contributed by atoms with Gasteiger partial charge >= 0.3 is 0 Å². The van der Waals surface area contributed by atoms with Crippen molar-refractivity contribution < 1.29 is 14.4 Å². The van der Waals surface area contributed by atoms with Gasteiger partial charge in [0.1, 0.15) is 12.1 Å². The standard InChI is InChI=1S/C38H45N5O3/c1-43(35(37(45)41-33-16-20-40-21-17-33)25-27-11-13-29-7-3-5-9-32(29)23-27)38(46)34(42-36(44)30-14-18-39-19-15-30)24-26-10-12-28-6-2-4-8-31(28)22-26/h2-13,22-23,30,33-35,39-40H,14-21,24-25H2,1H3,(H,41,45)(H,42,44). The smallest absolute Gasteiger partial charge is 0.245 e. The van der Waals surface area contributed by atoms with Crippen LogP contribution in [0.25, 0.3) is 21.5 Å². The van der Waals surface area contributed by atoms with E-state index in [0.29, 0.717) is 12.8 Å². The molecule has 2 aliphatic rings. The molecule has 2 unspecified atom stereocenters. The molecule has 6 rings (SSSR count). The Hall–Kier alpha value is -4.27. The van der Waals surface area contributed by atoms with Crippen molar-refractivity contribution in [3.8, 4) is 0 Å². The van der Waals surface area contributed by atoms with Crippen LogP contribution in [-0.4, -0.2) is 74.0 Å². The number of carbonyl (C=O) groups is 3. The van der Waals surface area contributed by atoms with E-state index in [9.17, 15) is 14.4 Å². The van der Waals surface area contributed by atoms with E-state index in [-0.39, 0.29) is 29.7 Å². The van der Waals surface area contributed by atoms with Crippen molar-refractivity contribution in [1.82, 2.24) is 26.2 Å². The normalized spacial score (nSPS) is 17.3. The molecule has 4 aromatic carbocycles. The largest absolute Gasteiger partial charge is 0.351 e. The van der Waals surface area contributed by atoms with Crippen molar-refractivity contribution in [3.05, 3.63) is 96.1 Å². The Labute approximate surface area is 271 Å². The number of hydrogen-bond donors (Lipinski definition) is 4. The molecular weight excluding hydrogens is 574 g/mol. The topological polar surface area (TPSA) is 103 Å². The van der Waals surface area contributed by atoms with Gasteiger partial charge in [0.25, 0.3) is 0 Å². The van der Waals surface area contributed by atoms with Gasteiger partial charge in [-0.1, -0.05) is 84.9 Å². The summed E-state index contributed by atoms with van der Waals surface area (Å²) in [6, 6.07) is 27.2. The maximum absolute atomic E-state index is 14.5. The zero-order valence-corrected chi connectivity index (χ0v) is 26.6. The summed E-state index contributed by atoms with van der Waals surface area (Å²) in [5.41, 5.74) is 1.94. The predicted octanol–water partition coefficient (Wildman–Crippen LogP) is 3.96. The van der Waals surface area contributed by atoms with Crippen LogP contribution in [0.5, 0.6) is 0 Å². The lowest BCUT2D eigenvalue weighted by molar-refractivity contribution is -0.142. The first kappa shape index (κ1) is 31.7. The van der Waals surface area contributed by atoms with Gasteiger partial charge < -0.3 is 26.2 Å². The van der Waals surface area contributed by atoms with Crippen LogP contribution in [0.15, 0.2) is 84.9 Å². The van der Waals surface area contributed by atoms with Gasteiger partial charge in [-0.2, -0.15) is 0 Å². The van der Waals surface area contributed by atoms with E-state index in [4.69, 9.17) is 0 Å².